The third-order valence-electron chi connectivity index (χ3n) is 3.78. The Morgan fingerprint density at radius 3 is 2.58 bits per heavy atom. The fraction of sp³-hybridized carbons (Fsp3) is 0.250. The first kappa shape index (κ1) is 17.7. The number of nitrogens with zero attached hydrogens (tertiary/aromatic N) is 2. The van der Waals surface area contributed by atoms with Gasteiger partial charge in [-0.2, -0.15) is 0 Å². The van der Waals surface area contributed by atoms with Gasteiger partial charge in [0.15, 0.2) is 0 Å². The summed E-state index contributed by atoms with van der Waals surface area (Å²) in [6.45, 7) is 2.91. The second-order valence-corrected chi connectivity index (χ2v) is 5.79. The molecule has 0 saturated carbocycles. The number of ether oxygens (including phenoxy) is 1. The van der Waals surface area contributed by atoms with Crippen molar-refractivity contribution >= 4 is 11.7 Å². The molecule has 0 aliphatic heterocycles. The molecule has 1 aromatic heterocycles. The van der Waals surface area contributed by atoms with Gasteiger partial charge >= 0.3 is 5.97 Å². The van der Waals surface area contributed by atoms with Gasteiger partial charge in [-0.25, -0.2) is 4.79 Å². The molecule has 0 radical (unpaired) electrons. The van der Waals surface area contributed by atoms with Crippen LogP contribution < -0.4 is 5.32 Å². The van der Waals surface area contributed by atoms with Crippen molar-refractivity contribution in [3.63, 3.8) is 0 Å². The zero-order chi connectivity index (χ0) is 18.2. The van der Waals surface area contributed by atoms with E-state index in [9.17, 15) is 4.79 Å². The van der Waals surface area contributed by atoms with E-state index in [-0.39, 0.29) is 5.97 Å². The predicted octanol–water partition coefficient (Wildman–Crippen LogP) is 4.31. The van der Waals surface area contributed by atoms with Gasteiger partial charge in [-0.1, -0.05) is 31.5 Å². The van der Waals surface area contributed by atoms with E-state index in [1.807, 2.05) is 42.5 Å². The van der Waals surface area contributed by atoms with Crippen molar-refractivity contribution in [3.8, 4) is 11.5 Å². The molecule has 2 aromatic carbocycles. The van der Waals surface area contributed by atoms with Gasteiger partial charge in [0.2, 0.25) is 11.8 Å². The molecule has 0 fully saturated rings. The molecule has 6 nitrogen and oxygen atoms in total. The van der Waals surface area contributed by atoms with Crippen molar-refractivity contribution in [1.29, 1.82) is 0 Å². The van der Waals surface area contributed by atoms with E-state index >= 15 is 0 Å². The van der Waals surface area contributed by atoms with Crippen LogP contribution in [-0.4, -0.2) is 22.8 Å². The minimum atomic E-state index is -0.297. The summed E-state index contributed by atoms with van der Waals surface area (Å²) in [5.41, 5.74) is 2.28. The van der Waals surface area contributed by atoms with Gasteiger partial charge in [0.25, 0.3) is 0 Å². The molecule has 0 saturated heterocycles. The smallest absolute Gasteiger partial charge is 0.338 e. The van der Waals surface area contributed by atoms with E-state index in [1.54, 1.807) is 12.1 Å². The molecule has 0 amide bonds. The molecule has 0 spiro atoms. The van der Waals surface area contributed by atoms with Crippen LogP contribution in [0.25, 0.3) is 11.5 Å². The first-order valence-electron chi connectivity index (χ1n) is 8.65. The number of rotatable bonds is 8. The predicted molar refractivity (Wildman–Crippen MR) is 98.7 cm³/mol. The van der Waals surface area contributed by atoms with Gasteiger partial charge in [0.1, 0.15) is 0 Å². The minimum Gasteiger partial charge on any atom is -0.462 e. The lowest BCUT2D eigenvalue weighted by atomic mass is 10.2. The quantitative estimate of drug-likeness (QED) is 0.481. The fourth-order valence-corrected chi connectivity index (χ4v) is 2.32. The Morgan fingerprint density at radius 2 is 1.85 bits per heavy atom. The Labute approximate surface area is 152 Å². The van der Waals surface area contributed by atoms with Crippen LogP contribution >= 0.6 is 0 Å². The fourth-order valence-electron chi connectivity index (χ4n) is 2.32. The highest BCUT2D eigenvalue weighted by atomic mass is 16.5. The first-order chi connectivity index (χ1) is 12.8. The number of unbranched alkanes of at least 4 members (excludes halogenated alkanes) is 1. The summed E-state index contributed by atoms with van der Waals surface area (Å²) in [5, 5.41) is 11.3. The molecule has 0 aliphatic rings. The number of hydrogen-bond acceptors (Lipinski definition) is 6. The van der Waals surface area contributed by atoms with Crippen molar-refractivity contribution < 1.29 is 13.9 Å². The molecular formula is C20H21N3O3. The van der Waals surface area contributed by atoms with E-state index < -0.39 is 0 Å². The van der Waals surface area contributed by atoms with Gasteiger partial charge in [0.05, 0.1) is 18.7 Å². The average Bonchev–Trinajstić information content (AvgIpc) is 3.17. The van der Waals surface area contributed by atoms with E-state index in [0.29, 0.717) is 30.5 Å². The van der Waals surface area contributed by atoms with Crippen molar-refractivity contribution in [2.24, 2.45) is 0 Å². The van der Waals surface area contributed by atoms with Crippen molar-refractivity contribution in [3.05, 3.63) is 66.1 Å². The largest absolute Gasteiger partial charge is 0.462 e. The van der Waals surface area contributed by atoms with E-state index in [0.717, 1.165) is 24.1 Å². The van der Waals surface area contributed by atoms with Gasteiger partial charge in [-0.05, 0) is 42.8 Å². The molecule has 0 atom stereocenters. The Hall–Kier alpha value is -3.15. The van der Waals surface area contributed by atoms with Gasteiger partial charge < -0.3 is 14.5 Å². The summed E-state index contributed by atoms with van der Waals surface area (Å²) >= 11 is 0. The number of benzene rings is 2. The molecule has 3 rings (SSSR count). The maximum Gasteiger partial charge on any atom is 0.338 e. The Kier molecular flexibility index (Phi) is 5.98. The topological polar surface area (TPSA) is 77.2 Å². The van der Waals surface area contributed by atoms with E-state index in [1.165, 1.54) is 0 Å². The lowest BCUT2D eigenvalue weighted by Crippen LogP contribution is -2.06. The third kappa shape index (κ3) is 4.69. The highest BCUT2D eigenvalue weighted by Crippen LogP contribution is 2.18. The van der Waals surface area contributed by atoms with Crippen molar-refractivity contribution in [1.82, 2.24) is 10.2 Å². The van der Waals surface area contributed by atoms with Crippen molar-refractivity contribution in [2.45, 2.75) is 26.3 Å². The maximum atomic E-state index is 11.9. The molecule has 3 aromatic rings. The van der Waals surface area contributed by atoms with Crippen LogP contribution in [0.2, 0.25) is 0 Å². The van der Waals surface area contributed by atoms with Crippen LogP contribution in [-0.2, 0) is 11.3 Å². The van der Waals surface area contributed by atoms with Crippen LogP contribution in [0, 0.1) is 0 Å². The summed E-state index contributed by atoms with van der Waals surface area (Å²) in [6, 6.07) is 16.7. The number of aromatic nitrogens is 2. The molecule has 6 heteroatoms. The molecule has 0 aliphatic carbocycles. The first-order valence-corrected chi connectivity index (χ1v) is 8.65. The Bertz CT molecular complexity index is 829. The second kappa shape index (κ2) is 8.80. The van der Waals surface area contributed by atoms with Gasteiger partial charge in [-0.3, -0.25) is 0 Å². The zero-order valence-corrected chi connectivity index (χ0v) is 14.6. The van der Waals surface area contributed by atoms with E-state index in [4.69, 9.17) is 9.15 Å². The SMILES string of the molecule is CCCCOC(=O)c1ccc(NCc2nnc(-c3ccccc3)o2)cc1. The highest BCUT2D eigenvalue weighted by molar-refractivity contribution is 5.89. The molecule has 134 valence electrons. The number of hydrogen-bond donors (Lipinski definition) is 1. The average molecular weight is 351 g/mol. The van der Waals surface area contributed by atoms with Gasteiger partial charge in [0, 0.05) is 11.3 Å². The molecule has 1 N–H and O–H groups in total. The van der Waals surface area contributed by atoms with Crippen molar-refractivity contribution in [2.75, 3.05) is 11.9 Å². The standard InChI is InChI=1S/C20H21N3O3/c1-2-3-13-25-20(24)16-9-11-17(12-10-16)21-14-18-22-23-19(26-18)15-7-5-4-6-8-15/h4-12,21H,2-3,13-14H2,1H3. The monoisotopic (exact) mass is 351 g/mol. The van der Waals surface area contributed by atoms with Crippen LogP contribution in [0.15, 0.2) is 59.0 Å². The third-order valence-corrected chi connectivity index (χ3v) is 3.78. The Balaban J connectivity index is 1.54. The summed E-state index contributed by atoms with van der Waals surface area (Å²) in [6.07, 6.45) is 1.87. The molecular weight excluding hydrogens is 330 g/mol. The number of anilines is 1. The molecule has 0 bridgehead atoms. The number of nitrogens with one attached hydrogen (secondary N) is 1. The van der Waals surface area contributed by atoms with Crippen LogP contribution in [0.4, 0.5) is 5.69 Å². The molecule has 0 unspecified atom stereocenters. The summed E-state index contributed by atoms with van der Waals surface area (Å²) in [4.78, 5) is 11.9. The molecule has 1 heterocycles. The lowest BCUT2D eigenvalue weighted by Gasteiger charge is -2.06. The minimum absolute atomic E-state index is 0.297. The summed E-state index contributed by atoms with van der Waals surface area (Å²) < 4.78 is 10.8. The van der Waals surface area contributed by atoms with E-state index in [2.05, 4.69) is 22.4 Å². The van der Waals surface area contributed by atoms with Crippen LogP contribution in [0.1, 0.15) is 36.0 Å². The second-order valence-electron chi connectivity index (χ2n) is 5.79. The highest BCUT2D eigenvalue weighted by Gasteiger charge is 2.09. The number of carbonyl (C=O) groups excluding carboxylic acids is 1. The number of esters is 1. The zero-order valence-electron chi connectivity index (χ0n) is 14.6. The Morgan fingerprint density at radius 1 is 1.08 bits per heavy atom. The van der Waals surface area contributed by atoms with Gasteiger partial charge in [-0.15, -0.1) is 10.2 Å². The summed E-state index contributed by atoms with van der Waals surface area (Å²) in [7, 11) is 0. The number of carbonyl (C=O) groups is 1. The lowest BCUT2D eigenvalue weighted by molar-refractivity contribution is 0.0500. The normalized spacial score (nSPS) is 10.5. The van der Waals surface area contributed by atoms with Crippen LogP contribution in [0.3, 0.4) is 0 Å². The molecule has 26 heavy (non-hydrogen) atoms. The van der Waals surface area contributed by atoms with Crippen LogP contribution in [0.5, 0.6) is 0 Å². The summed E-state index contributed by atoms with van der Waals surface area (Å²) in [5.74, 6) is 0.689. The maximum absolute atomic E-state index is 11.9.